The van der Waals surface area contributed by atoms with Gasteiger partial charge in [-0.3, -0.25) is 0 Å². The van der Waals surface area contributed by atoms with Crippen molar-refractivity contribution in [3.05, 3.63) is 11.8 Å². The molecule has 0 radical (unpaired) electrons. The summed E-state index contributed by atoms with van der Waals surface area (Å²) >= 11 is 0. The zero-order valence-corrected chi connectivity index (χ0v) is 7.75. The molecule has 0 atom stereocenters. The first-order valence-electron chi connectivity index (χ1n) is 4.50. The maximum absolute atomic E-state index is 5.94. The van der Waals surface area contributed by atoms with Crippen molar-refractivity contribution in [1.82, 2.24) is 5.16 Å². The summed E-state index contributed by atoms with van der Waals surface area (Å²) in [6.45, 7) is 0. The molecule has 1 saturated carbocycles. The predicted octanol–water partition coefficient (Wildman–Crippen LogP) is 1.11. The highest BCUT2D eigenvalue weighted by Gasteiger charge is 2.37. The van der Waals surface area contributed by atoms with Crippen LogP contribution in [0.15, 0.2) is 10.6 Å². The van der Waals surface area contributed by atoms with Gasteiger partial charge in [0, 0.05) is 18.0 Å². The molecule has 0 spiro atoms. The molecule has 1 aromatic heterocycles. The highest BCUT2D eigenvalue weighted by atomic mass is 16.5. The van der Waals surface area contributed by atoms with Crippen LogP contribution in [0.3, 0.4) is 0 Å². The maximum Gasteiger partial charge on any atom is 0.254 e. The third-order valence-corrected chi connectivity index (χ3v) is 2.51. The average Bonchev–Trinajstić information content (AvgIpc) is 2.69. The van der Waals surface area contributed by atoms with E-state index < -0.39 is 0 Å². The molecule has 0 aromatic carbocycles. The van der Waals surface area contributed by atoms with Crippen LogP contribution in [0.25, 0.3) is 0 Å². The Balaban J connectivity index is 1.87. The van der Waals surface area contributed by atoms with Gasteiger partial charge in [-0.2, -0.15) is 0 Å². The molecule has 0 bridgehead atoms. The molecule has 0 aliphatic heterocycles. The largest absolute Gasteiger partial charge is 0.479 e. The first kappa shape index (κ1) is 8.56. The van der Waals surface area contributed by atoms with Crippen molar-refractivity contribution in [3.63, 3.8) is 0 Å². The van der Waals surface area contributed by atoms with Gasteiger partial charge in [0.1, 0.15) is 5.76 Å². The molecule has 0 saturated heterocycles. The quantitative estimate of drug-likeness (QED) is 0.757. The van der Waals surface area contributed by atoms with Gasteiger partial charge in [-0.05, 0) is 24.4 Å². The molecule has 1 heterocycles. The van der Waals surface area contributed by atoms with Crippen molar-refractivity contribution in [1.29, 1.82) is 0 Å². The Bertz CT molecular complexity index is 292. The van der Waals surface area contributed by atoms with Crippen LogP contribution in [0.2, 0.25) is 0 Å². The maximum atomic E-state index is 5.94. The summed E-state index contributed by atoms with van der Waals surface area (Å²) in [5.74, 6) is 1.39. The fourth-order valence-corrected chi connectivity index (χ4v) is 1.29. The van der Waals surface area contributed by atoms with E-state index in [1.165, 1.54) is 0 Å². The molecule has 1 aliphatic carbocycles. The van der Waals surface area contributed by atoms with Gasteiger partial charge in [0.2, 0.25) is 0 Å². The Morgan fingerprint density at radius 1 is 1.69 bits per heavy atom. The number of ether oxygens (including phenoxy) is 1. The second-order valence-electron chi connectivity index (χ2n) is 3.70. The van der Waals surface area contributed by atoms with E-state index in [0.29, 0.717) is 5.88 Å². The minimum atomic E-state index is 0.0834. The topological polar surface area (TPSA) is 61.3 Å². The summed E-state index contributed by atoms with van der Waals surface area (Å²) in [5, 5.41) is 3.72. The van der Waals surface area contributed by atoms with Crippen molar-refractivity contribution in [2.75, 3.05) is 7.11 Å². The number of hydrogen-bond acceptors (Lipinski definition) is 4. The second-order valence-corrected chi connectivity index (χ2v) is 3.70. The predicted molar refractivity (Wildman–Crippen MR) is 47.5 cm³/mol. The summed E-state index contributed by atoms with van der Waals surface area (Å²) in [6.07, 6.45) is 4.11. The van der Waals surface area contributed by atoms with Crippen molar-refractivity contribution in [2.45, 2.75) is 31.2 Å². The molecule has 0 unspecified atom stereocenters. The zero-order chi connectivity index (χ0) is 9.31. The lowest BCUT2D eigenvalue weighted by Crippen LogP contribution is -2.21. The van der Waals surface area contributed by atoms with Gasteiger partial charge in [0.05, 0.1) is 7.11 Å². The highest BCUT2D eigenvalue weighted by molar-refractivity contribution is 5.12. The Morgan fingerprint density at radius 2 is 2.46 bits per heavy atom. The van der Waals surface area contributed by atoms with E-state index in [9.17, 15) is 0 Å². The number of aryl methyl sites for hydroxylation is 1. The van der Waals surface area contributed by atoms with Gasteiger partial charge < -0.3 is 15.0 Å². The van der Waals surface area contributed by atoms with E-state index in [0.717, 1.165) is 31.4 Å². The molecule has 1 aromatic rings. The molecule has 2 rings (SSSR count). The number of hydrogen-bond donors (Lipinski definition) is 1. The first-order valence-corrected chi connectivity index (χ1v) is 4.50. The number of nitrogens with zero attached hydrogens (tertiary/aromatic N) is 1. The molecular weight excluding hydrogens is 168 g/mol. The van der Waals surface area contributed by atoms with Crippen LogP contribution in [0.5, 0.6) is 5.88 Å². The molecule has 72 valence electrons. The number of nitrogens with two attached hydrogens (primary N) is 1. The highest BCUT2D eigenvalue weighted by Crippen LogP contribution is 2.36. The standard InChI is InChI=1S/C9H14N2O2/c1-12-8-6-7(13-11-8)2-3-9(10)4-5-9/h6H,2-5,10H2,1H3. The SMILES string of the molecule is COc1cc(CCC2(N)CC2)on1. The second kappa shape index (κ2) is 3.03. The minimum Gasteiger partial charge on any atom is -0.479 e. The van der Waals surface area contributed by atoms with Crippen LogP contribution in [0, 0.1) is 0 Å². The van der Waals surface area contributed by atoms with Gasteiger partial charge in [-0.1, -0.05) is 0 Å². The van der Waals surface area contributed by atoms with E-state index in [1.54, 1.807) is 7.11 Å². The molecule has 13 heavy (non-hydrogen) atoms. The van der Waals surface area contributed by atoms with Crippen LogP contribution in [-0.2, 0) is 6.42 Å². The van der Waals surface area contributed by atoms with Crippen LogP contribution >= 0.6 is 0 Å². The zero-order valence-electron chi connectivity index (χ0n) is 7.75. The molecule has 2 N–H and O–H groups in total. The summed E-state index contributed by atoms with van der Waals surface area (Å²) in [5.41, 5.74) is 6.02. The summed E-state index contributed by atoms with van der Waals surface area (Å²) in [7, 11) is 1.58. The van der Waals surface area contributed by atoms with E-state index >= 15 is 0 Å². The average molecular weight is 182 g/mol. The van der Waals surface area contributed by atoms with Crippen molar-refractivity contribution in [3.8, 4) is 5.88 Å². The molecule has 4 nitrogen and oxygen atoms in total. The number of rotatable bonds is 4. The van der Waals surface area contributed by atoms with E-state index in [4.69, 9.17) is 15.0 Å². The van der Waals surface area contributed by atoms with Gasteiger partial charge in [0.25, 0.3) is 5.88 Å². The Labute approximate surface area is 77.0 Å². The molecule has 1 fully saturated rings. The Morgan fingerprint density at radius 3 is 3.00 bits per heavy atom. The van der Waals surface area contributed by atoms with E-state index in [2.05, 4.69) is 5.16 Å². The minimum absolute atomic E-state index is 0.0834. The number of methoxy groups -OCH3 is 1. The molecule has 0 amide bonds. The fraction of sp³-hybridized carbons (Fsp3) is 0.667. The third kappa shape index (κ3) is 2.01. The Kier molecular flexibility index (Phi) is 2.00. The summed E-state index contributed by atoms with van der Waals surface area (Å²) in [4.78, 5) is 0. The van der Waals surface area contributed by atoms with Gasteiger partial charge >= 0.3 is 0 Å². The molecular formula is C9H14N2O2. The first-order chi connectivity index (χ1) is 6.22. The lowest BCUT2D eigenvalue weighted by molar-refractivity contribution is 0.324. The fourth-order valence-electron chi connectivity index (χ4n) is 1.29. The Hall–Kier alpha value is -1.03. The van der Waals surface area contributed by atoms with Crippen molar-refractivity contribution in [2.24, 2.45) is 5.73 Å². The summed E-state index contributed by atoms with van der Waals surface area (Å²) < 4.78 is 9.95. The third-order valence-electron chi connectivity index (χ3n) is 2.51. The van der Waals surface area contributed by atoms with Crippen LogP contribution in [-0.4, -0.2) is 17.8 Å². The van der Waals surface area contributed by atoms with Crippen molar-refractivity contribution < 1.29 is 9.26 Å². The summed E-state index contributed by atoms with van der Waals surface area (Å²) in [6, 6.07) is 1.81. The van der Waals surface area contributed by atoms with Crippen molar-refractivity contribution >= 4 is 0 Å². The number of aromatic nitrogens is 1. The van der Waals surface area contributed by atoms with Crippen LogP contribution in [0.4, 0.5) is 0 Å². The van der Waals surface area contributed by atoms with Gasteiger partial charge in [-0.15, -0.1) is 0 Å². The van der Waals surface area contributed by atoms with Gasteiger partial charge in [0.15, 0.2) is 0 Å². The molecule has 4 heteroatoms. The monoisotopic (exact) mass is 182 g/mol. The lowest BCUT2D eigenvalue weighted by atomic mass is 10.1. The lowest BCUT2D eigenvalue weighted by Gasteiger charge is -2.04. The van der Waals surface area contributed by atoms with E-state index in [-0.39, 0.29) is 5.54 Å². The van der Waals surface area contributed by atoms with Gasteiger partial charge in [-0.25, -0.2) is 0 Å². The molecule has 1 aliphatic rings. The van der Waals surface area contributed by atoms with Crippen LogP contribution in [0.1, 0.15) is 25.0 Å². The van der Waals surface area contributed by atoms with Crippen LogP contribution < -0.4 is 10.5 Å². The normalized spacial score (nSPS) is 18.6. The smallest absolute Gasteiger partial charge is 0.254 e. The van der Waals surface area contributed by atoms with E-state index in [1.807, 2.05) is 6.07 Å².